The molecule has 0 aromatic carbocycles. The topological polar surface area (TPSA) is 38.1 Å². The number of hydrogen-bond acceptors (Lipinski definition) is 3. The van der Waals surface area contributed by atoms with E-state index in [1.54, 1.807) is 11.3 Å². The molecule has 5 heteroatoms. The second kappa shape index (κ2) is 7.42. The molecular formula is C22H29N3OS. The van der Waals surface area contributed by atoms with Crippen molar-refractivity contribution < 1.29 is 4.79 Å². The standard InChI is InChI=1S/C22H29N3OS/c26-22(20-19-7-2-1-6-18(19)15-27-20)24-11-8-17(9-12-24)21-23-10-13-25(21)14-16-4-3-5-16/h10,13,15-17H,1-9,11-12,14H2. The third kappa shape index (κ3) is 3.35. The average molecular weight is 384 g/mol. The van der Waals surface area contributed by atoms with Gasteiger partial charge in [-0.15, -0.1) is 11.3 Å². The molecule has 2 aliphatic carbocycles. The molecule has 1 amide bonds. The van der Waals surface area contributed by atoms with Gasteiger partial charge in [0.05, 0.1) is 4.88 Å². The van der Waals surface area contributed by atoms with Crippen molar-refractivity contribution in [2.45, 2.75) is 70.3 Å². The van der Waals surface area contributed by atoms with Gasteiger partial charge in [0, 0.05) is 37.9 Å². The molecule has 3 heterocycles. The summed E-state index contributed by atoms with van der Waals surface area (Å²) in [5.74, 6) is 2.88. The van der Waals surface area contributed by atoms with Crippen LogP contribution in [-0.2, 0) is 19.4 Å². The average Bonchev–Trinajstić information content (AvgIpc) is 3.31. The van der Waals surface area contributed by atoms with E-state index in [9.17, 15) is 4.79 Å². The number of nitrogens with zero attached hydrogens (tertiary/aromatic N) is 3. The number of amides is 1. The lowest BCUT2D eigenvalue weighted by atomic mass is 9.85. The number of piperidine rings is 1. The molecule has 0 radical (unpaired) electrons. The Labute approximate surface area is 165 Å². The monoisotopic (exact) mass is 383 g/mol. The van der Waals surface area contributed by atoms with Gasteiger partial charge in [-0.2, -0.15) is 0 Å². The second-order valence-electron chi connectivity index (χ2n) is 8.58. The maximum Gasteiger partial charge on any atom is 0.264 e. The maximum atomic E-state index is 13.1. The van der Waals surface area contributed by atoms with Gasteiger partial charge in [-0.25, -0.2) is 4.98 Å². The Morgan fingerprint density at radius 2 is 1.93 bits per heavy atom. The molecule has 2 fully saturated rings. The summed E-state index contributed by atoms with van der Waals surface area (Å²) in [5, 5.41) is 2.23. The number of imidazole rings is 1. The quantitative estimate of drug-likeness (QED) is 0.771. The van der Waals surface area contributed by atoms with Crippen molar-refractivity contribution in [1.82, 2.24) is 14.5 Å². The fourth-order valence-corrected chi connectivity index (χ4v) is 6.10. The van der Waals surface area contributed by atoms with Crippen LogP contribution in [0, 0.1) is 5.92 Å². The first-order chi connectivity index (χ1) is 13.3. The zero-order valence-electron chi connectivity index (χ0n) is 16.0. The van der Waals surface area contributed by atoms with E-state index < -0.39 is 0 Å². The number of fused-ring (bicyclic) bond motifs is 1. The summed E-state index contributed by atoms with van der Waals surface area (Å²) < 4.78 is 2.39. The molecule has 0 bridgehead atoms. The number of thiophene rings is 1. The highest BCUT2D eigenvalue weighted by Crippen LogP contribution is 2.34. The van der Waals surface area contributed by atoms with Crippen LogP contribution in [0.15, 0.2) is 17.8 Å². The van der Waals surface area contributed by atoms with Crippen LogP contribution in [0.3, 0.4) is 0 Å². The molecule has 0 unspecified atom stereocenters. The fourth-order valence-electron chi connectivity index (χ4n) is 4.97. The number of aromatic nitrogens is 2. The summed E-state index contributed by atoms with van der Waals surface area (Å²) in [6, 6.07) is 0. The van der Waals surface area contributed by atoms with Crippen molar-refractivity contribution in [3.63, 3.8) is 0 Å². The highest BCUT2D eigenvalue weighted by Gasteiger charge is 2.30. The molecule has 1 saturated carbocycles. The van der Waals surface area contributed by atoms with Crippen molar-refractivity contribution >= 4 is 17.2 Å². The number of likely N-dealkylation sites (tertiary alicyclic amines) is 1. The summed E-state index contributed by atoms with van der Waals surface area (Å²) in [4.78, 5) is 20.9. The summed E-state index contributed by atoms with van der Waals surface area (Å²) in [5.41, 5.74) is 2.79. The second-order valence-corrected chi connectivity index (χ2v) is 9.46. The number of hydrogen-bond donors (Lipinski definition) is 0. The summed E-state index contributed by atoms with van der Waals surface area (Å²) >= 11 is 1.68. The molecule has 3 aliphatic rings. The van der Waals surface area contributed by atoms with Crippen LogP contribution in [0.1, 0.15) is 77.5 Å². The smallest absolute Gasteiger partial charge is 0.264 e. The molecular weight excluding hydrogens is 354 g/mol. The lowest BCUT2D eigenvalue weighted by molar-refractivity contribution is 0.0713. The predicted molar refractivity (Wildman–Crippen MR) is 108 cm³/mol. The zero-order valence-corrected chi connectivity index (χ0v) is 16.8. The summed E-state index contributed by atoms with van der Waals surface area (Å²) in [7, 11) is 0. The molecule has 1 saturated heterocycles. The van der Waals surface area contributed by atoms with Gasteiger partial charge in [0.15, 0.2) is 0 Å². The largest absolute Gasteiger partial charge is 0.338 e. The number of aryl methyl sites for hydroxylation is 1. The van der Waals surface area contributed by atoms with Crippen LogP contribution in [0.25, 0.3) is 0 Å². The molecule has 0 spiro atoms. The lowest BCUT2D eigenvalue weighted by Crippen LogP contribution is -2.38. The Balaban J connectivity index is 1.23. The third-order valence-electron chi connectivity index (χ3n) is 6.87. The van der Waals surface area contributed by atoms with E-state index in [2.05, 4.69) is 21.0 Å². The van der Waals surface area contributed by atoms with Crippen LogP contribution in [-0.4, -0.2) is 33.4 Å². The Kier molecular flexibility index (Phi) is 4.80. The van der Waals surface area contributed by atoms with Crippen molar-refractivity contribution in [1.29, 1.82) is 0 Å². The molecule has 27 heavy (non-hydrogen) atoms. The number of carbonyl (C=O) groups excluding carboxylic acids is 1. The summed E-state index contributed by atoms with van der Waals surface area (Å²) in [6.07, 6.45) is 15.1. The normalized spacial score (nSPS) is 21.1. The van der Waals surface area contributed by atoms with Gasteiger partial charge in [0.2, 0.25) is 0 Å². The molecule has 4 nitrogen and oxygen atoms in total. The highest BCUT2D eigenvalue weighted by molar-refractivity contribution is 7.12. The van der Waals surface area contributed by atoms with E-state index in [0.717, 1.165) is 56.1 Å². The van der Waals surface area contributed by atoms with E-state index in [4.69, 9.17) is 4.98 Å². The van der Waals surface area contributed by atoms with Gasteiger partial charge in [0.1, 0.15) is 5.82 Å². The SMILES string of the molecule is O=C(c1scc2c1CCCC2)N1CCC(c2nccn2CC2CCC2)CC1. The number of carbonyl (C=O) groups is 1. The summed E-state index contributed by atoms with van der Waals surface area (Å²) in [6.45, 7) is 2.87. The van der Waals surface area contributed by atoms with Crippen LogP contribution in [0.5, 0.6) is 0 Å². The van der Waals surface area contributed by atoms with E-state index in [-0.39, 0.29) is 5.91 Å². The third-order valence-corrected chi connectivity index (χ3v) is 7.93. The van der Waals surface area contributed by atoms with E-state index >= 15 is 0 Å². The van der Waals surface area contributed by atoms with Gasteiger partial charge in [-0.1, -0.05) is 6.42 Å². The molecule has 1 aliphatic heterocycles. The van der Waals surface area contributed by atoms with Crippen molar-refractivity contribution in [2.24, 2.45) is 5.92 Å². The first-order valence-electron chi connectivity index (χ1n) is 10.7. The van der Waals surface area contributed by atoms with Gasteiger partial charge >= 0.3 is 0 Å². The van der Waals surface area contributed by atoms with Gasteiger partial charge in [0.25, 0.3) is 5.91 Å². The lowest BCUT2D eigenvalue weighted by Gasteiger charge is -2.33. The van der Waals surface area contributed by atoms with Crippen molar-refractivity contribution in [3.05, 3.63) is 39.6 Å². The number of rotatable bonds is 4. The Morgan fingerprint density at radius 1 is 1.11 bits per heavy atom. The van der Waals surface area contributed by atoms with Crippen LogP contribution in [0.2, 0.25) is 0 Å². The minimum atomic E-state index is 0.277. The van der Waals surface area contributed by atoms with Crippen molar-refractivity contribution in [2.75, 3.05) is 13.1 Å². The maximum absolute atomic E-state index is 13.1. The van der Waals surface area contributed by atoms with E-state index in [1.807, 2.05) is 6.20 Å². The van der Waals surface area contributed by atoms with Crippen molar-refractivity contribution in [3.8, 4) is 0 Å². The molecule has 0 atom stereocenters. The fraction of sp³-hybridized carbons (Fsp3) is 0.636. The highest BCUT2D eigenvalue weighted by atomic mass is 32.1. The molecule has 144 valence electrons. The Morgan fingerprint density at radius 3 is 2.70 bits per heavy atom. The first-order valence-corrected chi connectivity index (χ1v) is 11.6. The van der Waals surface area contributed by atoms with Crippen LogP contribution in [0.4, 0.5) is 0 Å². The Bertz CT molecular complexity index is 811. The van der Waals surface area contributed by atoms with Gasteiger partial charge in [-0.3, -0.25) is 4.79 Å². The van der Waals surface area contributed by atoms with Crippen LogP contribution >= 0.6 is 11.3 Å². The Hall–Kier alpha value is -1.62. The minimum Gasteiger partial charge on any atom is -0.338 e. The molecule has 2 aromatic heterocycles. The van der Waals surface area contributed by atoms with Gasteiger partial charge < -0.3 is 9.47 Å². The van der Waals surface area contributed by atoms with Crippen LogP contribution < -0.4 is 0 Å². The molecule has 0 N–H and O–H groups in total. The first kappa shape index (κ1) is 17.5. The molecule has 5 rings (SSSR count). The zero-order chi connectivity index (χ0) is 18.2. The predicted octanol–water partition coefficient (Wildman–Crippen LogP) is 4.64. The van der Waals surface area contributed by atoms with E-state index in [0.29, 0.717) is 5.92 Å². The van der Waals surface area contributed by atoms with Gasteiger partial charge in [-0.05, 0) is 73.8 Å². The molecule has 2 aromatic rings. The minimum absolute atomic E-state index is 0.277. The van der Waals surface area contributed by atoms with E-state index in [1.165, 1.54) is 49.1 Å².